The first-order valence-electron chi connectivity index (χ1n) is 6.43. The summed E-state index contributed by atoms with van der Waals surface area (Å²) in [4.78, 5) is 4.06. The first-order valence-corrected chi connectivity index (χ1v) is 6.43. The fourth-order valence-electron chi connectivity index (χ4n) is 1.50. The average molecular weight is 272 g/mol. The maximum absolute atomic E-state index is 13.6. The molecule has 0 fully saturated rings. The van der Waals surface area contributed by atoms with E-state index >= 15 is 0 Å². The SMILES string of the molecule is CC.Cc1cccnc1OCc1ccc(C#N)cc1F. The van der Waals surface area contributed by atoms with Crippen LogP contribution in [0.15, 0.2) is 36.5 Å². The van der Waals surface area contributed by atoms with E-state index in [1.165, 1.54) is 6.07 Å². The van der Waals surface area contributed by atoms with E-state index in [9.17, 15) is 4.39 Å². The van der Waals surface area contributed by atoms with Crippen LogP contribution in [0.4, 0.5) is 4.39 Å². The second kappa shape index (κ2) is 7.90. The van der Waals surface area contributed by atoms with Crippen molar-refractivity contribution in [3.8, 4) is 11.9 Å². The first-order chi connectivity index (χ1) is 9.70. The summed E-state index contributed by atoms with van der Waals surface area (Å²) in [5, 5.41) is 8.64. The smallest absolute Gasteiger partial charge is 0.216 e. The predicted molar refractivity (Wildman–Crippen MR) is 75.8 cm³/mol. The van der Waals surface area contributed by atoms with Crippen molar-refractivity contribution in [1.82, 2.24) is 4.98 Å². The largest absolute Gasteiger partial charge is 0.472 e. The minimum Gasteiger partial charge on any atom is -0.472 e. The summed E-state index contributed by atoms with van der Waals surface area (Å²) in [5.41, 5.74) is 1.59. The lowest BCUT2D eigenvalue weighted by Gasteiger charge is -2.08. The molecule has 1 aromatic carbocycles. The molecule has 4 heteroatoms. The van der Waals surface area contributed by atoms with E-state index in [2.05, 4.69) is 4.98 Å². The Morgan fingerprint density at radius 3 is 2.65 bits per heavy atom. The van der Waals surface area contributed by atoms with Crippen LogP contribution < -0.4 is 4.74 Å². The predicted octanol–water partition coefficient (Wildman–Crippen LogP) is 4.01. The quantitative estimate of drug-likeness (QED) is 0.848. The summed E-state index contributed by atoms with van der Waals surface area (Å²) < 4.78 is 19.0. The van der Waals surface area contributed by atoms with Gasteiger partial charge in [-0.1, -0.05) is 26.0 Å². The number of ether oxygens (including phenoxy) is 1. The molecule has 0 unspecified atom stereocenters. The molecule has 0 atom stereocenters. The van der Waals surface area contributed by atoms with Gasteiger partial charge in [-0.2, -0.15) is 5.26 Å². The molecule has 20 heavy (non-hydrogen) atoms. The minimum atomic E-state index is -0.442. The number of benzene rings is 1. The van der Waals surface area contributed by atoms with Crippen LogP contribution in [0.5, 0.6) is 5.88 Å². The van der Waals surface area contributed by atoms with E-state index < -0.39 is 5.82 Å². The highest BCUT2D eigenvalue weighted by Crippen LogP contribution is 2.16. The van der Waals surface area contributed by atoms with Crippen LogP contribution >= 0.6 is 0 Å². The van der Waals surface area contributed by atoms with Crippen LogP contribution in [0.3, 0.4) is 0 Å². The van der Waals surface area contributed by atoms with E-state index in [-0.39, 0.29) is 6.61 Å². The molecular formula is C16H17FN2O. The molecule has 1 aromatic heterocycles. The van der Waals surface area contributed by atoms with Crippen molar-refractivity contribution < 1.29 is 9.13 Å². The second-order valence-electron chi connectivity index (χ2n) is 3.83. The Morgan fingerprint density at radius 1 is 1.30 bits per heavy atom. The molecule has 0 radical (unpaired) electrons. The van der Waals surface area contributed by atoms with Crippen molar-refractivity contribution in [3.05, 3.63) is 59.0 Å². The van der Waals surface area contributed by atoms with Gasteiger partial charge in [-0.05, 0) is 25.1 Å². The zero-order valence-electron chi connectivity index (χ0n) is 11.9. The number of nitriles is 1. The number of aromatic nitrogens is 1. The third-order valence-electron chi connectivity index (χ3n) is 2.51. The fourth-order valence-corrected chi connectivity index (χ4v) is 1.50. The van der Waals surface area contributed by atoms with E-state index in [4.69, 9.17) is 10.00 Å². The van der Waals surface area contributed by atoms with Gasteiger partial charge < -0.3 is 4.74 Å². The third kappa shape index (κ3) is 4.06. The standard InChI is InChI=1S/C14H11FN2O.C2H6/c1-10-3-2-6-17-14(10)18-9-12-5-4-11(8-16)7-13(12)15;1-2/h2-7H,9H2,1H3;1-2H3. The van der Waals surface area contributed by atoms with Gasteiger partial charge in [-0.3, -0.25) is 0 Å². The molecule has 1 heterocycles. The number of pyridine rings is 1. The molecule has 0 aliphatic heterocycles. The molecule has 0 saturated carbocycles. The Hall–Kier alpha value is -2.41. The lowest BCUT2D eigenvalue weighted by molar-refractivity contribution is 0.286. The summed E-state index contributed by atoms with van der Waals surface area (Å²) in [6, 6.07) is 9.88. The number of nitrogens with zero attached hydrogens (tertiary/aromatic N) is 2. The molecule has 0 amide bonds. The van der Waals surface area contributed by atoms with Crippen LogP contribution in [-0.2, 0) is 6.61 Å². The van der Waals surface area contributed by atoms with Gasteiger partial charge in [0.1, 0.15) is 12.4 Å². The van der Waals surface area contributed by atoms with E-state index in [0.717, 1.165) is 5.56 Å². The van der Waals surface area contributed by atoms with E-state index in [1.54, 1.807) is 18.3 Å². The van der Waals surface area contributed by atoms with Crippen LogP contribution in [-0.4, -0.2) is 4.98 Å². The van der Waals surface area contributed by atoms with Gasteiger partial charge in [0.15, 0.2) is 0 Å². The van der Waals surface area contributed by atoms with Gasteiger partial charge in [-0.15, -0.1) is 0 Å². The molecule has 0 aliphatic rings. The first kappa shape index (κ1) is 15.6. The Kier molecular flexibility index (Phi) is 6.18. The van der Waals surface area contributed by atoms with Gasteiger partial charge in [0.25, 0.3) is 0 Å². The second-order valence-corrected chi connectivity index (χ2v) is 3.83. The number of rotatable bonds is 3. The molecule has 0 spiro atoms. The highest BCUT2D eigenvalue weighted by Gasteiger charge is 2.06. The molecule has 2 aromatic rings. The van der Waals surface area contributed by atoms with Crippen molar-refractivity contribution >= 4 is 0 Å². The molecule has 104 valence electrons. The summed E-state index contributed by atoms with van der Waals surface area (Å²) >= 11 is 0. The molecule has 3 nitrogen and oxygen atoms in total. The topological polar surface area (TPSA) is 45.9 Å². The van der Waals surface area contributed by atoms with Crippen molar-refractivity contribution in [3.63, 3.8) is 0 Å². The Balaban J connectivity index is 0.000000956. The number of aryl methyl sites for hydroxylation is 1. The normalized spacial score (nSPS) is 9.15. The van der Waals surface area contributed by atoms with Crippen molar-refractivity contribution in [1.29, 1.82) is 5.26 Å². The van der Waals surface area contributed by atoms with E-state index in [0.29, 0.717) is 17.0 Å². The summed E-state index contributed by atoms with van der Waals surface area (Å²) in [5.74, 6) is 0.0453. The van der Waals surface area contributed by atoms with Gasteiger partial charge in [0.05, 0.1) is 11.6 Å². The molecule has 0 bridgehead atoms. The van der Waals surface area contributed by atoms with Crippen molar-refractivity contribution in [2.75, 3.05) is 0 Å². The summed E-state index contributed by atoms with van der Waals surface area (Å²) in [6.45, 7) is 5.97. The highest BCUT2D eigenvalue weighted by molar-refractivity contribution is 5.33. The van der Waals surface area contributed by atoms with Crippen LogP contribution in [0.25, 0.3) is 0 Å². The molecule has 0 N–H and O–H groups in total. The zero-order chi connectivity index (χ0) is 15.0. The monoisotopic (exact) mass is 272 g/mol. The summed E-state index contributed by atoms with van der Waals surface area (Å²) in [7, 11) is 0. The Morgan fingerprint density at radius 2 is 2.05 bits per heavy atom. The fraction of sp³-hybridized carbons (Fsp3) is 0.250. The maximum Gasteiger partial charge on any atom is 0.216 e. The highest BCUT2D eigenvalue weighted by atomic mass is 19.1. The molecule has 2 rings (SSSR count). The van der Waals surface area contributed by atoms with Gasteiger partial charge >= 0.3 is 0 Å². The van der Waals surface area contributed by atoms with Crippen molar-refractivity contribution in [2.45, 2.75) is 27.4 Å². The minimum absolute atomic E-state index is 0.0927. The van der Waals surface area contributed by atoms with Crippen LogP contribution in [0.2, 0.25) is 0 Å². The third-order valence-corrected chi connectivity index (χ3v) is 2.51. The van der Waals surface area contributed by atoms with Gasteiger partial charge in [0, 0.05) is 17.3 Å². The number of halogens is 1. The molecular weight excluding hydrogens is 255 g/mol. The van der Waals surface area contributed by atoms with Gasteiger partial charge in [0.2, 0.25) is 5.88 Å². The van der Waals surface area contributed by atoms with Crippen LogP contribution in [0.1, 0.15) is 30.5 Å². The van der Waals surface area contributed by atoms with Crippen molar-refractivity contribution in [2.24, 2.45) is 0 Å². The number of hydrogen-bond donors (Lipinski definition) is 0. The maximum atomic E-state index is 13.6. The number of hydrogen-bond acceptors (Lipinski definition) is 3. The Bertz CT molecular complexity index is 606. The molecule has 0 aliphatic carbocycles. The van der Waals surface area contributed by atoms with Crippen LogP contribution in [0, 0.1) is 24.1 Å². The lowest BCUT2D eigenvalue weighted by atomic mass is 10.1. The van der Waals surface area contributed by atoms with E-state index in [1.807, 2.05) is 39.0 Å². The Labute approximate surface area is 118 Å². The zero-order valence-corrected chi connectivity index (χ0v) is 11.9. The molecule has 0 saturated heterocycles. The summed E-state index contributed by atoms with van der Waals surface area (Å²) in [6.07, 6.45) is 1.62. The average Bonchev–Trinajstić information content (AvgIpc) is 2.49. The lowest BCUT2D eigenvalue weighted by Crippen LogP contribution is -2.01. The van der Waals surface area contributed by atoms with Gasteiger partial charge in [-0.25, -0.2) is 9.37 Å².